The SMILES string of the molecule is OC(c1ccc2c(c1)CCC2)c1c(F)cccc1F. The van der Waals surface area contributed by atoms with Crippen molar-refractivity contribution in [3.05, 3.63) is 70.3 Å². The highest BCUT2D eigenvalue weighted by Crippen LogP contribution is 2.30. The van der Waals surface area contributed by atoms with Crippen molar-refractivity contribution < 1.29 is 13.9 Å². The van der Waals surface area contributed by atoms with Gasteiger partial charge in [-0.15, -0.1) is 0 Å². The monoisotopic (exact) mass is 260 g/mol. The first-order chi connectivity index (χ1) is 9.16. The summed E-state index contributed by atoms with van der Waals surface area (Å²) in [4.78, 5) is 0. The van der Waals surface area contributed by atoms with Crippen LogP contribution in [0.15, 0.2) is 36.4 Å². The van der Waals surface area contributed by atoms with Crippen molar-refractivity contribution in [2.45, 2.75) is 25.4 Å². The lowest BCUT2D eigenvalue weighted by Crippen LogP contribution is -2.06. The Kier molecular flexibility index (Phi) is 3.07. The van der Waals surface area contributed by atoms with E-state index < -0.39 is 17.7 Å². The van der Waals surface area contributed by atoms with E-state index in [-0.39, 0.29) is 5.56 Å². The largest absolute Gasteiger partial charge is 0.383 e. The normalized spacial score (nSPS) is 15.3. The molecule has 0 amide bonds. The number of fused-ring (bicyclic) bond motifs is 1. The maximum Gasteiger partial charge on any atom is 0.132 e. The van der Waals surface area contributed by atoms with Gasteiger partial charge in [-0.2, -0.15) is 0 Å². The van der Waals surface area contributed by atoms with Crippen molar-refractivity contribution >= 4 is 0 Å². The summed E-state index contributed by atoms with van der Waals surface area (Å²) >= 11 is 0. The van der Waals surface area contributed by atoms with Crippen LogP contribution >= 0.6 is 0 Å². The Bertz CT molecular complexity index is 602. The molecule has 3 heteroatoms. The minimum Gasteiger partial charge on any atom is -0.383 e. The molecule has 1 atom stereocenters. The summed E-state index contributed by atoms with van der Waals surface area (Å²) in [5.41, 5.74) is 2.71. The molecule has 0 spiro atoms. The summed E-state index contributed by atoms with van der Waals surface area (Å²) < 4.78 is 27.3. The topological polar surface area (TPSA) is 20.2 Å². The van der Waals surface area contributed by atoms with E-state index >= 15 is 0 Å². The second-order valence-electron chi connectivity index (χ2n) is 4.92. The molecule has 2 aromatic rings. The number of hydrogen-bond donors (Lipinski definition) is 1. The van der Waals surface area contributed by atoms with Gasteiger partial charge in [-0.3, -0.25) is 0 Å². The molecule has 0 aliphatic heterocycles. The van der Waals surface area contributed by atoms with Gasteiger partial charge >= 0.3 is 0 Å². The van der Waals surface area contributed by atoms with Crippen molar-refractivity contribution in [3.8, 4) is 0 Å². The van der Waals surface area contributed by atoms with Gasteiger partial charge in [0.15, 0.2) is 0 Å². The van der Waals surface area contributed by atoms with Crippen molar-refractivity contribution in [3.63, 3.8) is 0 Å². The Morgan fingerprint density at radius 1 is 0.947 bits per heavy atom. The number of rotatable bonds is 2. The Balaban J connectivity index is 2.02. The number of aryl methyl sites for hydroxylation is 2. The summed E-state index contributed by atoms with van der Waals surface area (Å²) in [5.74, 6) is -1.43. The third-order valence-electron chi connectivity index (χ3n) is 3.71. The minimum absolute atomic E-state index is 0.277. The number of halogens is 2. The fraction of sp³-hybridized carbons (Fsp3) is 0.250. The molecule has 1 aliphatic rings. The number of aliphatic hydroxyl groups is 1. The third-order valence-corrected chi connectivity index (χ3v) is 3.71. The molecule has 3 rings (SSSR count). The van der Waals surface area contributed by atoms with Crippen LogP contribution in [0.1, 0.15) is 34.8 Å². The van der Waals surface area contributed by atoms with E-state index in [2.05, 4.69) is 0 Å². The number of benzene rings is 2. The van der Waals surface area contributed by atoms with E-state index in [1.165, 1.54) is 17.2 Å². The lowest BCUT2D eigenvalue weighted by Gasteiger charge is -2.14. The van der Waals surface area contributed by atoms with Crippen molar-refractivity contribution in [1.29, 1.82) is 0 Å². The zero-order valence-corrected chi connectivity index (χ0v) is 10.4. The lowest BCUT2D eigenvalue weighted by atomic mass is 9.97. The van der Waals surface area contributed by atoms with Crippen molar-refractivity contribution in [1.82, 2.24) is 0 Å². The van der Waals surface area contributed by atoms with Gasteiger partial charge in [-0.25, -0.2) is 8.78 Å². The fourth-order valence-electron chi connectivity index (χ4n) is 2.70. The summed E-state index contributed by atoms with van der Waals surface area (Å²) in [6.07, 6.45) is 1.85. The highest BCUT2D eigenvalue weighted by atomic mass is 19.1. The smallest absolute Gasteiger partial charge is 0.132 e. The molecule has 98 valence electrons. The summed E-state index contributed by atoms with van der Waals surface area (Å²) in [6.45, 7) is 0. The Morgan fingerprint density at radius 3 is 2.37 bits per heavy atom. The number of hydrogen-bond acceptors (Lipinski definition) is 1. The summed E-state index contributed by atoms with van der Waals surface area (Å²) in [5, 5.41) is 10.2. The van der Waals surface area contributed by atoms with Gasteiger partial charge in [0.25, 0.3) is 0 Å². The van der Waals surface area contributed by atoms with E-state index in [9.17, 15) is 13.9 Å². The first-order valence-corrected chi connectivity index (χ1v) is 6.40. The molecule has 0 saturated heterocycles. The predicted molar refractivity (Wildman–Crippen MR) is 68.9 cm³/mol. The van der Waals surface area contributed by atoms with E-state index in [1.807, 2.05) is 12.1 Å². The molecule has 1 unspecified atom stereocenters. The first-order valence-electron chi connectivity index (χ1n) is 6.40. The van der Waals surface area contributed by atoms with Gasteiger partial charge in [0, 0.05) is 0 Å². The van der Waals surface area contributed by atoms with Crippen LogP contribution in [-0.2, 0) is 12.8 Å². The van der Waals surface area contributed by atoms with Crippen LogP contribution in [0, 0.1) is 11.6 Å². The summed E-state index contributed by atoms with van der Waals surface area (Å²) in [6, 6.07) is 9.17. The van der Waals surface area contributed by atoms with E-state index in [1.54, 1.807) is 6.07 Å². The van der Waals surface area contributed by atoms with Gasteiger partial charge < -0.3 is 5.11 Å². The van der Waals surface area contributed by atoms with E-state index in [0.29, 0.717) is 5.56 Å². The zero-order valence-electron chi connectivity index (χ0n) is 10.4. The maximum atomic E-state index is 13.7. The van der Waals surface area contributed by atoms with Gasteiger partial charge in [0.05, 0.1) is 5.56 Å². The highest BCUT2D eigenvalue weighted by Gasteiger charge is 2.21. The average molecular weight is 260 g/mol. The predicted octanol–water partition coefficient (Wildman–Crippen LogP) is 3.54. The molecular formula is C16H14F2O. The van der Waals surface area contributed by atoms with Crippen LogP contribution in [-0.4, -0.2) is 5.11 Å². The van der Waals surface area contributed by atoms with Crippen LogP contribution in [0.2, 0.25) is 0 Å². The Labute approximate surface area is 110 Å². The molecule has 0 aromatic heterocycles. The van der Waals surface area contributed by atoms with Crippen LogP contribution in [0.3, 0.4) is 0 Å². The molecule has 0 saturated carbocycles. The molecule has 0 radical (unpaired) electrons. The maximum absolute atomic E-state index is 13.7. The van der Waals surface area contributed by atoms with Crippen LogP contribution in [0.25, 0.3) is 0 Å². The highest BCUT2D eigenvalue weighted by molar-refractivity contribution is 5.39. The molecule has 1 aliphatic carbocycles. The molecular weight excluding hydrogens is 246 g/mol. The molecule has 0 fully saturated rings. The van der Waals surface area contributed by atoms with Crippen molar-refractivity contribution in [2.75, 3.05) is 0 Å². The molecule has 19 heavy (non-hydrogen) atoms. The standard InChI is InChI=1S/C16H14F2O/c17-13-5-2-6-14(18)15(13)16(19)12-8-7-10-3-1-4-11(10)9-12/h2,5-9,16,19H,1,3-4H2. The number of aliphatic hydroxyl groups excluding tert-OH is 1. The van der Waals surface area contributed by atoms with Gasteiger partial charge in [0.2, 0.25) is 0 Å². The second-order valence-corrected chi connectivity index (χ2v) is 4.92. The lowest BCUT2D eigenvalue weighted by molar-refractivity contribution is 0.209. The van der Waals surface area contributed by atoms with Crippen LogP contribution in [0.5, 0.6) is 0 Å². The third kappa shape index (κ3) is 2.15. The van der Waals surface area contributed by atoms with Crippen molar-refractivity contribution in [2.24, 2.45) is 0 Å². The molecule has 1 nitrogen and oxygen atoms in total. The van der Waals surface area contributed by atoms with Gasteiger partial charge in [-0.05, 0) is 48.1 Å². The average Bonchev–Trinajstić information content (AvgIpc) is 2.85. The fourth-order valence-corrected chi connectivity index (χ4v) is 2.70. The van der Waals surface area contributed by atoms with E-state index in [4.69, 9.17) is 0 Å². The van der Waals surface area contributed by atoms with Crippen LogP contribution < -0.4 is 0 Å². The van der Waals surface area contributed by atoms with E-state index in [0.717, 1.165) is 31.4 Å². The molecule has 2 aromatic carbocycles. The second kappa shape index (κ2) is 4.74. The Hall–Kier alpha value is -1.74. The minimum atomic E-state index is -1.26. The molecule has 0 heterocycles. The van der Waals surface area contributed by atoms with Crippen LogP contribution in [0.4, 0.5) is 8.78 Å². The quantitative estimate of drug-likeness (QED) is 0.875. The molecule has 0 bridgehead atoms. The van der Waals surface area contributed by atoms with Gasteiger partial charge in [-0.1, -0.05) is 24.3 Å². The summed E-state index contributed by atoms with van der Waals surface area (Å²) in [7, 11) is 0. The Morgan fingerprint density at radius 2 is 1.63 bits per heavy atom. The zero-order chi connectivity index (χ0) is 13.4. The first kappa shape index (κ1) is 12.3. The molecule has 1 N–H and O–H groups in total. The van der Waals surface area contributed by atoms with Gasteiger partial charge in [0.1, 0.15) is 17.7 Å².